The van der Waals surface area contributed by atoms with Crippen molar-refractivity contribution in [1.29, 1.82) is 0 Å². The summed E-state index contributed by atoms with van der Waals surface area (Å²) < 4.78 is 0. The van der Waals surface area contributed by atoms with Gasteiger partial charge in [-0.05, 0) is 45.3 Å². The Morgan fingerprint density at radius 2 is 1.86 bits per heavy atom. The first-order chi connectivity index (χ1) is 9.99. The van der Waals surface area contributed by atoms with Crippen LogP contribution in [0.25, 0.3) is 0 Å². The summed E-state index contributed by atoms with van der Waals surface area (Å²) >= 11 is 0. The average Bonchev–Trinajstić information content (AvgIpc) is 2.43. The summed E-state index contributed by atoms with van der Waals surface area (Å²) in [5, 5.41) is 3.49. The minimum atomic E-state index is 0.316. The standard InChI is InChI=1S/C16H31N5/c1-6-21(7-2)10-8-9-13(5)20-16-14(12(3)4)15(17)18-11-19-16/h11-13H,6-10H2,1-5H3,(H3,17,18,19,20). The summed E-state index contributed by atoms with van der Waals surface area (Å²) in [4.78, 5) is 10.9. The molecule has 0 amide bonds. The molecule has 1 aromatic heterocycles. The highest BCUT2D eigenvalue weighted by molar-refractivity contribution is 5.56. The number of aromatic nitrogens is 2. The van der Waals surface area contributed by atoms with Crippen molar-refractivity contribution in [1.82, 2.24) is 14.9 Å². The lowest BCUT2D eigenvalue weighted by Crippen LogP contribution is -2.26. The Morgan fingerprint density at radius 1 is 1.19 bits per heavy atom. The van der Waals surface area contributed by atoms with Gasteiger partial charge in [-0.15, -0.1) is 0 Å². The van der Waals surface area contributed by atoms with Gasteiger partial charge in [0.2, 0.25) is 0 Å². The third kappa shape index (κ3) is 5.50. The van der Waals surface area contributed by atoms with Gasteiger partial charge in [-0.25, -0.2) is 9.97 Å². The molecule has 1 rings (SSSR count). The normalized spacial score (nSPS) is 12.9. The van der Waals surface area contributed by atoms with Gasteiger partial charge in [-0.2, -0.15) is 0 Å². The van der Waals surface area contributed by atoms with Gasteiger partial charge in [0, 0.05) is 11.6 Å². The minimum absolute atomic E-state index is 0.316. The largest absolute Gasteiger partial charge is 0.383 e. The van der Waals surface area contributed by atoms with Crippen LogP contribution in [0.1, 0.15) is 58.9 Å². The van der Waals surface area contributed by atoms with Gasteiger partial charge in [0.05, 0.1) is 0 Å². The Morgan fingerprint density at radius 3 is 2.43 bits per heavy atom. The van der Waals surface area contributed by atoms with E-state index in [1.54, 1.807) is 0 Å². The van der Waals surface area contributed by atoms with Crippen LogP contribution in [-0.2, 0) is 0 Å². The Kier molecular flexibility index (Phi) is 7.43. The van der Waals surface area contributed by atoms with Gasteiger partial charge >= 0.3 is 0 Å². The van der Waals surface area contributed by atoms with Gasteiger partial charge in [0.1, 0.15) is 18.0 Å². The van der Waals surface area contributed by atoms with Crippen LogP contribution in [0.2, 0.25) is 0 Å². The molecule has 21 heavy (non-hydrogen) atoms. The molecule has 0 aromatic carbocycles. The van der Waals surface area contributed by atoms with E-state index in [1.165, 1.54) is 12.7 Å². The van der Waals surface area contributed by atoms with Crippen molar-refractivity contribution in [3.05, 3.63) is 11.9 Å². The zero-order valence-corrected chi connectivity index (χ0v) is 14.2. The molecule has 3 N–H and O–H groups in total. The zero-order valence-electron chi connectivity index (χ0n) is 14.2. The van der Waals surface area contributed by atoms with Crippen molar-refractivity contribution in [3.63, 3.8) is 0 Å². The molecule has 5 nitrogen and oxygen atoms in total. The lowest BCUT2D eigenvalue weighted by molar-refractivity contribution is 0.295. The number of anilines is 2. The number of nitrogens with zero attached hydrogens (tertiary/aromatic N) is 3. The molecule has 0 aliphatic heterocycles. The van der Waals surface area contributed by atoms with Crippen LogP contribution in [0.15, 0.2) is 6.33 Å². The highest BCUT2D eigenvalue weighted by Crippen LogP contribution is 2.26. The molecule has 0 aliphatic carbocycles. The zero-order chi connectivity index (χ0) is 15.8. The van der Waals surface area contributed by atoms with Gasteiger partial charge in [0.15, 0.2) is 0 Å². The highest BCUT2D eigenvalue weighted by atomic mass is 15.1. The Balaban J connectivity index is 2.55. The monoisotopic (exact) mass is 293 g/mol. The number of rotatable bonds is 9. The van der Waals surface area contributed by atoms with Gasteiger partial charge in [0.25, 0.3) is 0 Å². The molecule has 1 aromatic rings. The average molecular weight is 293 g/mol. The Labute approximate surface area is 129 Å². The van der Waals surface area contributed by atoms with E-state index in [-0.39, 0.29) is 0 Å². The molecule has 1 atom stereocenters. The number of nitrogens with two attached hydrogens (primary N) is 1. The summed E-state index contributed by atoms with van der Waals surface area (Å²) in [6, 6.07) is 0.382. The van der Waals surface area contributed by atoms with E-state index in [0.717, 1.165) is 37.4 Å². The van der Waals surface area contributed by atoms with Crippen LogP contribution in [-0.4, -0.2) is 40.5 Å². The fraction of sp³-hybridized carbons (Fsp3) is 0.750. The summed E-state index contributed by atoms with van der Waals surface area (Å²) in [6.45, 7) is 14.3. The molecule has 0 saturated carbocycles. The first kappa shape index (κ1) is 17.7. The van der Waals surface area contributed by atoms with E-state index >= 15 is 0 Å². The van der Waals surface area contributed by atoms with Gasteiger partial charge in [-0.3, -0.25) is 0 Å². The summed E-state index contributed by atoms with van der Waals surface area (Å²) in [6.07, 6.45) is 3.84. The predicted molar refractivity (Wildman–Crippen MR) is 90.6 cm³/mol. The van der Waals surface area contributed by atoms with E-state index in [2.05, 4.69) is 54.8 Å². The molecule has 0 saturated heterocycles. The number of hydrogen-bond acceptors (Lipinski definition) is 5. The highest BCUT2D eigenvalue weighted by Gasteiger charge is 2.14. The van der Waals surface area contributed by atoms with Crippen molar-refractivity contribution in [2.24, 2.45) is 0 Å². The van der Waals surface area contributed by atoms with Crippen LogP contribution in [0, 0.1) is 0 Å². The van der Waals surface area contributed by atoms with Crippen LogP contribution in [0.5, 0.6) is 0 Å². The predicted octanol–water partition coefficient (Wildman–Crippen LogP) is 3.10. The van der Waals surface area contributed by atoms with E-state index < -0.39 is 0 Å². The molecule has 0 fully saturated rings. The maximum absolute atomic E-state index is 5.98. The second-order valence-electron chi connectivity index (χ2n) is 5.89. The maximum atomic E-state index is 5.98. The lowest BCUT2D eigenvalue weighted by Gasteiger charge is -2.21. The first-order valence-electron chi connectivity index (χ1n) is 8.08. The molecule has 5 heteroatoms. The van der Waals surface area contributed by atoms with Gasteiger partial charge in [-0.1, -0.05) is 27.7 Å². The van der Waals surface area contributed by atoms with E-state index in [9.17, 15) is 0 Å². The molecule has 1 heterocycles. The van der Waals surface area contributed by atoms with Crippen molar-refractivity contribution < 1.29 is 0 Å². The molecule has 0 bridgehead atoms. The van der Waals surface area contributed by atoms with Crippen molar-refractivity contribution >= 4 is 11.6 Å². The van der Waals surface area contributed by atoms with Crippen LogP contribution >= 0.6 is 0 Å². The van der Waals surface area contributed by atoms with Gasteiger partial charge < -0.3 is 16.0 Å². The van der Waals surface area contributed by atoms with E-state index in [0.29, 0.717) is 17.8 Å². The summed E-state index contributed by atoms with van der Waals surface area (Å²) in [5.41, 5.74) is 7.00. The van der Waals surface area contributed by atoms with E-state index in [4.69, 9.17) is 5.73 Å². The molecular formula is C16H31N5. The van der Waals surface area contributed by atoms with Crippen LogP contribution < -0.4 is 11.1 Å². The first-order valence-corrected chi connectivity index (χ1v) is 8.08. The van der Waals surface area contributed by atoms with Crippen LogP contribution in [0.3, 0.4) is 0 Å². The molecule has 1 unspecified atom stereocenters. The third-order valence-electron chi connectivity index (χ3n) is 3.88. The second-order valence-corrected chi connectivity index (χ2v) is 5.89. The minimum Gasteiger partial charge on any atom is -0.383 e. The second kappa shape index (κ2) is 8.82. The lowest BCUT2D eigenvalue weighted by atomic mass is 10.0. The third-order valence-corrected chi connectivity index (χ3v) is 3.88. The number of hydrogen-bond donors (Lipinski definition) is 2. The SMILES string of the molecule is CCN(CC)CCCC(C)Nc1ncnc(N)c1C(C)C. The number of nitrogens with one attached hydrogen (secondary N) is 1. The fourth-order valence-corrected chi connectivity index (χ4v) is 2.56. The van der Waals surface area contributed by atoms with Crippen molar-refractivity contribution in [2.45, 2.75) is 59.4 Å². The number of nitrogen functional groups attached to an aromatic ring is 1. The topological polar surface area (TPSA) is 67.1 Å². The van der Waals surface area contributed by atoms with Crippen molar-refractivity contribution in [2.75, 3.05) is 30.7 Å². The molecule has 120 valence electrons. The smallest absolute Gasteiger partial charge is 0.135 e. The van der Waals surface area contributed by atoms with Crippen LogP contribution in [0.4, 0.5) is 11.6 Å². The fourth-order valence-electron chi connectivity index (χ4n) is 2.56. The Hall–Kier alpha value is -1.36. The molecule has 0 radical (unpaired) electrons. The van der Waals surface area contributed by atoms with E-state index in [1.807, 2.05) is 0 Å². The quantitative estimate of drug-likeness (QED) is 0.732. The Bertz CT molecular complexity index is 415. The molecule has 0 spiro atoms. The summed E-state index contributed by atoms with van der Waals surface area (Å²) in [7, 11) is 0. The maximum Gasteiger partial charge on any atom is 0.135 e. The molecule has 0 aliphatic rings. The molecular weight excluding hydrogens is 262 g/mol. The summed E-state index contributed by atoms with van der Waals surface area (Å²) in [5.74, 6) is 1.78. The van der Waals surface area contributed by atoms with Crippen molar-refractivity contribution in [3.8, 4) is 0 Å².